The topological polar surface area (TPSA) is 17.1 Å². The second-order valence-electron chi connectivity index (χ2n) is 4.63. The molecular weight excluding hydrogens is 259 g/mol. The van der Waals surface area contributed by atoms with E-state index in [2.05, 4.69) is 0 Å². The summed E-state index contributed by atoms with van der Waals surface area (Å²) >= 11 is 1.40. The van der Waals surface area contributed by atoms with E-state index in [1.807, 2.05) is 24.3 Å². The average molecular weight is 272 g/mol. The molecule has 0 heterocycles. The summed E-state index contributed by atoms with van der Waals surface area (Å²) in [5.74, 6) is 0.0185. The van der Waals surface area contributed by atoms with Crippen LogP contribution in [0.15, 0.2) is 52.3 Å². The number of fused-ring (bicyclic) bond motifs is 1. The quantitative estimate of drug-likeness (QED) is 0.801. The number of aryl methyl sites for hydroxylation is 1. The Morgan fingerprint density at radius 1 is 1.05 bits per heavy atom. The summed E-state index contributed by atoms with van der Waals surface area (Å²) in [6, 6.07) is 12.5. The third-order valence-corrected chi connectivity index (χ3v) is 4.33. The first-order valence-corrected chi connectivity index (χ1v) is 7.14. The van der Waals surface area contributed by atoms with E-state index in [9.17, 15) is 9.18 Å². The SMILES string of the molecule is O=C1CCCc2cc(Sc3ccccc3F)ccc21. The largest absolute Gasteiger partial charge is 0.294 e. The van der Waals surface area contributed by atoms with Gasteiger partial charge in [0.25, 0.3) is 0 Å². The summed E-state index contributed by atoms with van der Waals surface area (Å²) in [6.45, 7) is 0. The van der Waals surface area contributed by atoms with E-state index in [4.69, 9.17) is 0 Å². The van der Waals surface area contributed by atoms with Gasteiger partial charge in [-0.2, -0.15) is 0 Å². The van der Waals surface area contributed by atoms with Crippen molar-refractivity contribution in [2.24, 2.45) is 0 Å². The summed E-state index contributed by atoms with van der Waals surface area (Å²) in [7, 11) is 0. The van der Waals surface area contributed by atoms with Gasteiger partial charge in [-0.05, 0) is 42.7 Å². The highest BCUT2D eigenvalue weighted by molar-refractivity contribution is 7.99. The number of rotatable bonds is 2. The third-order valence-electron chi connectivity index (χ3n) is 3.29. The average Bonchev–Trinajstić information content (AvgIpc) is 2.42. The van der Waals surface area contributed by atoms with Crippen molar-refractivity contribution < 1.29 is 9.18 Å². The van der Waals surface area contributed by atoms with Crippen molar-refractivity contribution in [3.8, 4) is 0 Å². The van der Waals surface area contributed by atoms with Crippen LogP contribution in [0.3, 0.4) is 0 Å². The minimum atomic E-state index is -0.207. The van der Waals surface area contributed by atoms with E-state index in [1.54, 1.807) is 12.1 Å². The van der Waals surface area contributed by atoms with Gasteiger partial charge in [0, 0.05) is 21.8 Å². The smallest absolute Gasteiger partial charge is 0.163 e. The number of hydrogen-bond acceptors (Lipinski definition) is 2. The fourth-order valence-electron chi connectivity index (χ4n) is 2.34. The van der Waals surface area contributed by atoms with E-state index in [0.717, 1.165) is 28.9 Å². The Kier molecular flexibility index (Phi) is 3.38. The molecule has 0 N–H and O–H groups in total. The first-order valence-electron chi connectivity index (χ1n) is 6.32. The van der Waals surface area contributed by atoms with Crippen LogP contribution in [0.2, 0.25) is 0 Å². The lowest BCUT2D eigenvalue weighted by Gasteiger charge is -2.15. The first kappa shape index (κ1) is 12.4. The minimum absolute atomic E-state index is 0.207. The van der Waals surface area contributed by atoms with Crippen molar-refractivity contribution in [2.45, 2.75) is 29.1 Å². The number of benzene rings is 2. The van der Waals surface area contributed by atoms with E-state index in [-0.39, 0.29) is 11.6 Å². The number of carbonyl (C=O) groups is 1. The number of halogens is 1. The fraction of sp³-hybridized carbons (Fsp3) is 0.188. The molecule has 0 fully saturated rings. The van der Waals surface area contributed by atoms with E-state index >= 15 is 0 Å². The second-order valence-corrected chi connectivity index (χ2v) is 5.74. The molecule has 1 nitrogen and oxygen atoms in total. The van der Waals surface area contributed by atoms with Gasteiger partial charge in [-0.3, -0.25) is 4.79 Å². The molecule has 1 aliphatic rings. The molecule has 0 spiro atoms. The zero-order valence-corrected chi connectivity index (χ0v) is 11.2. The molecule has 0 saturated carbocycles. The lowest BCUT2D eigenvalue weighted by molar-refractivity contribution is 0.0972. The molecule has 3 heteroatoms. The summed E-state index contributed by atoms with van der Waals surface area (Å²) in [4.78, 5) is 13.3. The standard InChI is InChI=1S/C16H13FOS/c17-14-5-1-2-7-16(14)19-12-8-9-13-11(10-12)4-3-6-15(13)18/h1-2,5,7-10H,3-4,6H2. The highest BCUT2D eigenvalue weighted by Crippen LogP contribution is 2.32. The molecular formula is C16H13FOS. The van der Waals surface area contributed by atoms with Gasteiger partial charge < -0.3 is 0 Å². The molecule has 0 aromatic heterocycles. The predicted octanol–water partition coefficient (Wildman–Crippen LogP) is 4.50. The van der Waals surface area contributed by atoms with Crippen LogP contribution in [-0.2, 0) is 6.42 Å². The molecule has 0 amide bonds. The molecule has 0 aliphatic heterocycles. The van der Waals surface area contributed by atoms with E-state index < -0.39 is 0 Å². The Morgan fingerprint density at radius 3 is 2.74 bits per heavy atom. The number of Topliss-reactive ketones (excluding diaryl/α,β-unsaturated/α-hetero) is 1. The van der Waals surface area contributed by atoms with Crippen LogP contribution in [-0.4, -0.2) is 5.78 Å². The molecule has 0 atom stereocenters. The Hall–Kier alpha value is -1.61. The lowest BCUT2D eigenvalue weighted by Crippen LogP contribution is -2.10. The summed E-state index contributed by atoms with van der Waals surface area (Å²) in [5.41, 5.74) is 1.93. The number of hydrogen-bond donors (Lipinski definition) is 0. The molecule has 1 aliphatic carbocycles. The molecule has 19 heavy (non-hydrogen) atoms. The molecule has 2 aromatic carbocycles. The van der Waals surface area contributed by atoms with Gasteiger partial charge in [0.05, 0.1) is 0 Å². The van der Waals surface area contributed by atoms with Crippen LogP contribution >= 0.6 is 11.8 Å². The number of carbonyl (C=O) groups excluding carboxylic acids is 1. The van der Waals surface area contributed by atoms with Crippen molar-refractivity contribution in [1.82, 2.24) is 0 Å². The van der Waals surface area contributed by atoms with Crippen LogP contribution in [0.1, 0.15) is 28.8 Å². The fourth-order valence-corrected chi connectivity index (χ4v) is 3.24. The molecule has 2 aromatic rings. The van der Waals surface area contributed by atoms with Crippen molar-refractivity contribution >= 4 is 17.5 Å². The van der Waals surface area contributed by atoms with Crippen LogP contribution < -0.4 is 0 Å². The van der Waals surface area contributed by atoms with Crippen molar-refractivity contribution in [1.29, 1.82) is 0 Å². The van der Waals surface area contributed by atoms with Crippen molar-refractivity contribution in [2.75, 3.05) is 0 Å². The molecule has 0 bridgehead atoms. The molecule has 3 rings (SSSR count). The van der Waals surface area contributed by atoms with Gasteiger partial charge in [0.1, 0.15) is 5.82 Å². The van der Waals surface area contributed by atoms with Crippen LogP contribution in [0.4, 0.5) is 4.39 Å². The monoisotopic (exact) mass is 272 g/mol. The number of ketones is 1. The summed E-state index contributed by atoms with van der Waals surface area (Å²) < 4.78 is 13.6. The predicted molar refractivity (Wildman–Crippen MR) is 74.2 cm³/mol. The molecule has 0 unspecified atom stereocenters. The van der Waals surface area contributed by atoms with E-state index in [0.29, 0.717) is 11.3 Å². The van der Waals surface area contributed by atoms with E-state index in [1.165, 1.54) is 17.8 Å². The zero-order chi connectivity index (χ0) is 13.2. The van der Waals surface area contributed by atoms with Gasteiger partial charge in [0.15, 0.2) is 5.78 Å². The maximum atomic E-state index is 13.6. The van der Waals surface area contributed by atoms with Gasteiger partial charge in [-0.25, -0.2) is 4.39 Å². The van der Waals surface area contributed by atoms with Gasteiger partial charge >= 0.3 is 0 Å². The normalized spacial score (nSPS) is 14.3. The summed E-state index contributed by atoms with van der Waals surface area (Å²) in [6.07, 6.45) is 2.50. The first-order chi connectivity index (χ1) is 9.24. The van der Waals surface area contributed by atoms with Gasteiger partial charge in [-0.1, -0.05) is 30.0 Å². The Morgan fingerprint density at radius 2 is 1.89 bits per heavy atom. The Balaban J connectivity index is 1.91. The maximum Gasteiger partial charge on any atom is 0.163 e. The van der Waals surface area contributed by atoms with Crippen molar-refractivity contribution in [3.05, 3.63) is 59.4 Å². The Labute approximate surface area is 115 Å². The van der Waals surface area contributed by atoms with Gasteiger partial charge in [0.2, 0.25) is 0 Å². The molecule has 96 valence electrons. The van der Waals surface area contributed by atoms with Crippen molar-refractivity contribution in [3.63, 3.8) is 0 Å². The highest BCUT2D eigenvalue weighted by atomic mass is 32.2. The molecule has 0 saturated heterocycles. The Bertz CT molecular complexity index is 636. The van der Waals surface area contributed by atoms with Crippen LogP contribution in [0.25, 0.3) is 0 Å². The molecule has 0 radical (unpaired) electrons. The zero-order valence-electron chi connectivity index (χ0n) is 10.4. The highest BCUT2D eigenvalue weighted by Gasteiger charge is 2.17. The summed E-state index contributed by atoms with van der Waals surface area (Å²) in [5, 5.41) is 0. The van der Waals surface area contributed by atoms with Crippen LogP contribution in [0.5, 0.6) is 0 Å². The third kappa shape index (κ3) is 2.56. The minimum Gasteiger partial charge on any atom is -0.294 e. The van der Waals surface area contributed by atoms with Crippen LogP contribution in [0, 0.1) is 5.82 Å². The van der Waals surface area contributed by atoms with Gasteiger partial charge in [-0.15, -0.1) is 0 Å². The maximum absolute atomic E-state index is 13.6. The lowest BCUT2D eigenvalue weighted by atomic mass is 9.91. The second kappa shape index (κ2) is 5.17.